The minimum Gasteiger partial charge on any atom is -0.480 e. The van der Waals surface area contributed by atoms with Crippen molar-refractivity contribution in [2.75, 3.05) is 6.54 Å². The van der Waals surface area contributed by atoms with Gasteiger partial charge in [-0.2, -0.15) is 0 Å². The van der Waals surface area contributed by atoms with Crippen molar-refractivity contribution in [2.24, 2.45) is 0 Å². The molecule has 1 aromatic carbocycles. The highest BCUT2D eigenvalue weighted by molar-refractivity contribution is 6.30. The zero-order chi connectivity index (χ0) is 15.7. The molecule has 22 heavy (non-hydrogen) atoms. The molecule has 1 atom stereocenters. The fourth-order valence-electron chi connectivity index (χ4n) is 2.57. The van der Waals surface area contributed by atoms with Crippen LogP contribution < -0.4 is 0 Å². The molecule has 2 heterocycles. The second kappa shape index (κ2) is 5.81. The van der Waals surface area contributed by atoms with E-state index in [0.717, 1.165) is 0 Å². The van der Waals surface area contributed by atoms with Crippen LogP contribution in [0.5, 0.6) is 0 Å². The molecule has 6 nitrogen and oxygen atoms in total. The number of halogens is 1. The molecule has 1 saturated heterocycles. The third kappa shape index (κ3) is 2.69. The SMILES string of the molecule is O=C(O)C1CCCN1C(=O)c1cc(-c2cccc(Cl)c2)on1. The van der Waals surface area contributed by atoms with Crippen LogP contribution in [0.2, 0.25) is 5.02 Å². The molecule has 1 fully saturated rings. The molecule has 0 bridgehead atoms. The molecule has 1 N–H and O–H groups in total. The lowest BCUT2D eigenvalue weighted by molar-refractivity contribution is -0.141. The number of carboxylic acid groups (broad SMARTS) is 1. The van der Waals surface area contributed by atoms with Crippen LogP contribution in [-0.2, 0) is 4.79 Å². The van der Waals surface area contributed by atoms with Gasteiger partial charge in [-0.1, -0.05) is 28.9 Å². The lowest BCUT2D eigenvalue weighted by Crippen LogP contribution is -2.40. The van der Waals surface area contributed by atoms with E-state index < -0.39 is 17.9 Å². The van der Waals surface area contributed by atoms with E-state index >= 15 is 0 Å². The van der Waals surface area contributed by atoms with Crippen molar-refractivity contribution in [3.8, 4) is 11.3 Å². The number of benzene rings is 1. The van der Waals surface area contributed by atoms with Gasteiger partial charge in [0.2, 0.25) is 0 Å². The Morgan fingerprint density at radius 2 is 2.18 bits per heavy atom. The minimum atomic E-state index is -0.996. The first-order chi connectivity index (χ1) is 10.6. The first-order valence-electron chi connectivity index (χ1n) is 6.82. The van der Waals surface area contributed by atoms with Crippen LogP contribution in [0.4, 0.5) is 0 Å². The molecule has 0 aliphatic carbocycles. The smallest absolute Gasteiger partial charge is 0.326 e. The number of carbonyl (C=O) groups is 2. The second-order valence-electron chi connectivity index (χ2n) is 5.08. The summed E-state index contributed by atoms with van der Waals surface area (Å²) in [5.41, 5.74) is 0.804. The number of nitrogens with zero attached hydrogens (tertiary/aromatic N) is 2. The maximum Gasteiger partial charge on any atom is 0.326 e. The number of likely N-dealkylation sites (tertiary alicyclic amines) is 1. The molecule has 0 spiro atoms. The summed E-state index contributed by atoms with van der Waals surface area (Å²) >= 11 is 5.92. The first-order valence-corrected chi connectivity index (χ1v) is 7.20. The number of carboxylic acids is 1. The number of carbonyl (C=O) groups excluding carboxylic acids is 1. The van der Waals surface area contributed by atoms with Crippen molar-refractivity contribution in [3.63, 3.8) is 0 Å². The highest BCUT2D eigenvalue weighted by Gasteiger charge is 2.35. The maximum atomic E-state index is 12.4. The zero-order valence-electron chi connectivity index (χ0n) is 11.5. The Hall–Kier alpha value is -2.34. The Morgan fingerprint density at radius 1 is 1.36 bits per heavy atom. The van der Waals surface area contributed by atoms with Crippen molar-refractivity contribution < 1.29 is 19.2 Å². The molecule has 114 valence electrons. The van der Waals surface area contributed by atoms with Gasteiger partial charge in [-0.15, -0.1) is 0 Å². The average Bonchev–Trinajstić information content (AvgIpc) is 3.16. The van der Waals surface area contributed by atoms with Gasteiger partial charge < -0.3 is 14.5 Å². The van der Waals surface area contributed by atoms with Gasteiger partial charge in [-0.05, 0) is 25.0 Å². The Balaban J connectivity index is 1.84. The molecular weight excluding hydrogens is 308 g/mol. The minimum absolute atomic E-state index is 0.100. The quantitative estimate of drug-likeness (QED) is 0.940. The summed E-state index contributed by atoms with van der Waals surface area (Å²) in [7, 11) is 0. The third-order valence-electron chi connectivity index (χ3n) is 3.64. The summed E-state index contributed by atoms with van der Waals surface area (Å²) in [6.45, 7) is 0.412. The first kappa shape index (κ1) is 14.6. The van der Waals surface area contributed by atoms with Crippen LogP contribution in [0.15, 0.2) is 34.9 Å². The average molecular weight is 321 g/mol. The van der Waals surface area contributed by atoms with Gasteiger partial charge in [0.1, 0.15) is 6.04 Å². The zero-order valence-corrected chi connectivity index (χ0v) is 12.3. The molecular formula is C15H13ClN2O4. The summed E-state index contributed by atoms with van der Waals surface area (Å²) in [5, 5.41) is 13.4. The van der Waals surface area contributed by atoms with Gasteiger partial charge in [-0.25, -0.2) is 4.79 Å². The second-order valence-corrected chi connectivity index (χ2v) is 5.52. The summed E-state index contributed by atoms with van der Waals surface area (Å²) in [6, 6.07) is 7.70. The fraction of sp³-hybridized carbons (Fsp3) is 0.267. The van der Waals surface area contributed by atoms with Crippen molar-refractivity contribution in [1.82, 2.24) is 10.1 Å². The van der Waals surface area contributed by atoms with Crippen LogP contribution in [0, 0.1) is 0 Å². The summed E-state index contributed by atoms with van der Waals surface area (Å²) in [6.07, 6.45) is 1.13. The molecule has 1 aromatic heterocycles. The van der Waals surface area contributed by atoms with Crippen LogP contribution in [0.1, 0.15) is 23.3 Å². The Morgan fingerprint density at radius 3 is 2.91 bits per heavy atom. The van der Waals surface area contributed by atoms with Gasteiger partial charge in [0.05, 0.1) is 0 Å². The summed E-state index contributed by atoms with van der Waals surface area (Å²) < 4.78 is 5.18. The highest BCUT2D eigenvalue weighted by Crippen LogP contribution is 2.25. The van der Waals surface area contributed by atoms with Crippen LogP contribution in [0.25, 0.3) is 11.3 Å². The lowest BCUT2D eigenvalue weighted by atomic mass is 10.1. The van der Waals surface area contributed by atoms with E-state index in [1.165, 1.54) is 11.0 Å². The van der Waals surface area contributed by atoms with E-state index in [1.54, 1.807) is 24.3 Å². The number of hydrogen-bond acceptors (Lipinski definition) is 4. The van der Waals surface area contributed by atoms with Crippen LogP contribution >= 0.6 is 11.6 Å². The molecule has 3 rings (SSSR count). The monoisotopic (exact) mass is 320 g/mol. The van der Waals surface area contributed by atoms with E-state index in [0.29, 0.717) is 35.7 Å². The van der Waals surface area contributed by atoms with Crippen molar-refractivity contribution in [2.45, 2.75) is 18.9 Å². The summed E-state index contributed by atoms with van der Waals surface area (Å²) in [4.78, 5) is 24.9. The normalized spacial score (nSPS) is 17.7. The molecule has 1 unspecified atom stereocenters. The van der Waals surface area contributed by atoms with E-state index in [2.05, 4.69) is 5.16 Å². The third-order valence-corrected chi connectivity index (χ3v) is 3.87. The number of aliphatic carboxylic acids is 1. The van der Waals surface area contributed by atoms with Gasteiger partial charge in [-0.3, -0.25) is 4.79 Å². The van der Waals surface area contributed by atoms with E-state index in [1.807, 2.05) is 0 Å². The predicted molar refractivity (Wildman–Crippen MR) is 78.6 cm³/mol. The number of amides is 1. The van der Waals surface area contributed by atoms with Gasteiger partial charge in [0.15, 0.2) is 11.5 Å². The maximum absolute atomic E-state index is 12.4. The molecule has 2 aromatic rings. The van der Waals surface area contributed by atoms with Crippen LogP contribution in [-0.4, -0.2) is 39.6 Å². The fourth-order valence-corrected chi connectivity index (χ4v) is 2.76. The lowest BCUT2D eigenvalue weighted by Gasteiger charge is -2.19. The molecule has 1 aliphatic rings. The predicted octanol–water partition coefficient (Wildman–Crippen LogP) is 2.68. The Labute approximate surface area is 131 Å². The molecule has 0 saturated carbocycles. The van der Waals surface area contributed by atoms with E-state index in [4.69, 9.17) is 21.2 Å². The van der Waals surface area contributed by atoms with E-state index in [-0.39, 0.29) is 5.69 Å². The highest BCUT2D eigenvalue weighted by atomic mass is 35.5. The molecule has 7 heteroatoms. The largest absolute Gasteiger partial charge is 0.480 e. The Bertz CT molecular complexity index is 728. The number of hydrogen-bond donors (Lipinski definition) is 1. The molecule has 1 aliphatic heterocycles. The van der Waals surface area contributed by atoms with Crippen molar-refractivity contribution in [1.29, 1.82) is 0 Å². The van der Waals surface area contributed by atoms with E-state index in [9.17, 15) is 9.59 Å². The molecule has 0 radical (unpaired) electrons. The molecule has 1 amide bonds. The standard InChI is InChI=1S/C15H13ClN2O4/c16-10-4-1-3-9(7-10)13-8-11(17-22-13)14(19)18-6-2-5-12(18)15(20)21/h1,3-4,7-8,12H,2,5-6H2,(H,20,21). The van der Waals surface area contributed by atoms with Crippen molar-refractivity contribution >= 4 is 23.5 Å². The van der Waals surface area contributed by atoms with Crippen LogP contribution in [0.3, 0.4) is 0 Å². The number of aromatic nitrogens is 1. The number of rotatable bonds is 3. The Kier molecular flexibility index (Phi) is 3.85. The van der Waals surface area contributed by atoms with Crippen molar-refractivity contribution in [3.05, 3.63) is 41.0 Å². The van der Waals surface area contributed by atoms with Gasteiger partial charge in [0.25, 0.3) is 5.91 Å². The topological polar surface area (TPSA) is 83.6 Å². The van der Waals surface area contributed by atoms with Gasteiger partial charge >= 0.3 is 5.97 Å². The van der Waals surface area contributed by atoms with Gasteiger partial charge in [0, 0.05) is 23.2 Å². The summed E-state index contributed by atoms with van der Waals surface area (Å²) in [5.74, 6) is -1.01.